The molecule has 13 atom stereocenters. The Labute approximate surface area is 722 Å². The number of nitrogens with zero attached hydrogens (tertiary/aromatic N) is 2. The second kappa shape index (κ2) is 54.9. The second-order valence-electron chi connectivity index (χ2n) is 32.0. The number of nitrogens with one attached hydrogen (secondary N) is 16. The molecule has 0 aliphatic carbocycles. The average molecular weight is 1740 g/mol. The van der Waals surface area contributed by atoms with Crippen LogP contribution >= 0.6 is 0 Å². The van der Waals surface area contributed by atoms with Crippen LogP contribution in [0.1, 0.15) is 211 Å². The minimum atomic E-state index is -1.90. The Bertz CT molecular complexity index is 4130. The third kappa shape index (κ3) is 36.2. The molecular formula is C85H131N21O18. The number of benzene rings is 2. The van der Waals surface area contributed by atoms with Crippen LogP contribution in [-0.4, -0.2) is 248 Å². The van der Waals surface area contributed by atoms with Crippen LogP contribution in [0.15, 0.2) is 73.3 Å². The Morgan fingerprint density at radius 1 is 0.613 bits per heavy atom. The first-order chi connectivity index (χ1) is 59.5. The number of Topliss-reactive ketones (excluding diaryl/α,β-unsaturated/α-hetero) is 1. The molecule has 3 unspecified atom stereocenters. The zero-order valence-electron chi connectivity index (χ0n) is 71.5. The number of aromatic amines is 2. The van der Waals surface area contributed by atoms with E-state index in [1.165, 1.54) is 70.8 Å². The number of guanidine groups is 1. The number of hydrogen-bond acceptors (Lipinski definition) is 21. The number of amides is 14. The standard InChI is InChI=1S/C85H131N21O18/c1-4-6-8-9-10-11-12-13-14-15-16-17-21-34-71(112)94-48-72(113)105-73(52(3)108)83(123)99-63(37-38-70(86)111)77(117)102-67(43-55-46-91-51-95-55)80(120)104-68(50-107)81(121)98-61(30-7-5-2)75(115)100-64-36-35-56(109)47-90-39-25-24-32-60(74(87)114)96-79(119)66(42-54-45-93-59-31-23-22-29-58(54)59)101-76(116)62(33-26-40-92-85(88)89)97-78(118)65(41-53-27-19-18-20-28-53)103-82(122)69-44-57(110)49-106(69)84(64)124/h18-20,22-23,27-29,31,45-46,51-52,57,60-69,73,90,93,107-108,110H,4-17,21,24-26,30,32-44,47-50H2,1-3H3,(H2,86,111)(H2,87,114)(H,91,95)(H,94,112)(H,96,119)(H,97,118)(H,98,121)(H,99,123)(H,100,115)(H,101,116)(H,102,117)(H,103,122)(H,104,120)(H,105,113)(H4,88,89,92)/t52?,57?,60-,61-,62-,63-,64-,65?,66-,67-,68-,69-,73-/m0/s1. The lowest BCUT2D eigenvalue weighted by atomic mass is 10.0. The van der Waals surface area contributed by atoms with Gasteiger partial charge < -0.3 is 117 Å². The summed E-state index contributed by atoms with van der Waals surface area (Å²) < 4.78 is 0. The van der Waals surface area contributed by atoms with Gasteiger partial charge in [0.1, 0.15) is 72.2 Å². The van der Waals surface area contributed by atoms with Gasteiger partial charge in [0.15, 0.2) is 5.96 Å². The molecule has 39 nitrogen and oxygen atoms in total. The van der Waals surface area contributed by atoms with Crippen molar-refractivity contribution in [1.82, 2.24) is 89.0 Å². The maximum absolute atomic E-state index is 15.3. The van der Waals surface area contributed by atoms with Crippen molar-refractivity contribution in [1.29, 1.82) is 5.41 Å². The molecule has 25 N–H and O–H groups in total. The van der Waals surface area contributed by atoms with E-state index < -0.39 is 225 Å². The van der Waals surface area contributed by atoms with E-state index in [0.717, 1.165) is 41.5 Å². The lowest BCUT2D eigenvalue weighted by Crippen LogP contribution is -2.61. The summed E-state index contributed by atoms with van der Waals surface area (Å²) in [5, 5.41) is 75.4. The smallest absolute Gasteiger partial charge is 0.245 e. The fraction of sp³-hybridized carbons (Fsp3) is 0.612. The summed E-state index contributed by atoms with van der Waals surface area (Å²) in [5.41, 5.74) is 19.0. The van der Waals surface area contributed by atoms with Gasteiger partial charge in [0.05, 0.1) is 43.9 Å². The maximum Gasteiger partial charge on any atom is 0.245 e. The highest BCUT2D eigenvalue weighted by atomic mass is 16.3. The SMILES string of the molecule is CCCCCCCCCCCCCCCC(=O)NCC(=O)N[C@H](C(=O)N[C@@H](CCC(N)=O)C(=O)N[C@@H](Cc1c[nH]cn1)C(=O)N[C@@H](CO)C(=O)N[C@@H](CCCC)C(=O)N[C@H]1CCC(=O)CNCCCC[C@@H](C(N)=O)NC(=O)[C@H](Cc2c[nH]c3ccccc23)NC(=O)[C@H](CCCNC(=N)N)NC(=O)C(Cc2ccccc2)NC(=O)[C@@H]2CC(O)CN2C1=O)C(C)O. The van der Waals surface area contributed by atoms with Crippen LogP contribution in [0.5, 0.6) is 0 Å². The van der Waals surface area contributed by atoms with Crippen molar-refractivity contribution in [2.75, 3.05) is 39.3 Å². The van der Waals surface area contributed by atoms with Crippen molar-refractivity contribution in [2.24, 2.45) is 17.2 Å². The molecule has 0 saturated carbocycles. The number of hydrogen-bond donors (Lipinski definition) is 22. The number of primary amides is 2. The fourth-order valence-corrected chi connectivity index (χ4v) is 14.7. The molecule has 6 rings (SSSR count). The van der Waals surface area contributed by atoms with E-state index in [4.69, 9.17) is 22.6 Å². The number of aliphatic hydroxyl groups is 3. The lowest BCUT2D eigenvalue weighted by molar-refractivity contribution is -0.143. The number of H-pyrrole nitrogens is 2. The van der Waals surface area contributed by atoms with Gasteiger partial charge in [-0.25, -0.2) is 4.98 Å². The molecule has 2 saturated heterocycles. The summed E-state index contributed by atoms with van der Waals surface area (Å²) in [6.45, 7) is 2.94. The molecule has 2 fully saturated rings. The summed E-state index contributed by atoms with van der Waals surface area (Å²) in [5.74, 6) is -13.9. The first-order valence-corrected chi connectivity index (χ1v) is 43.5. The van der Waals surface area contributed by atoms with Crippen LogP contribution in [0.4, 0.5) is 0 Å². The number of aromatic nitrogens is 3. The summed E-state index contributed by atoms with van der Waals surface area (Å²) >= 11 is 0. The Kier molecular flexibility index (Phi) is 44.9. The van der Waals surface area contributed by atoms with Crippen LogP contribution < -0.4 is 86.3 Å². The number of ketones is 1. The predicted molar refractivity (Wildman–Crippen MR) is 459 cm³/mol. The van der Waals surface area contributed by atoms with Gasteiger partial charge in [0, 0.05) is 81.3 Å². The number of nitrogens with two attached hydrogens (primary N) is 3. The van der Waals surface area contributed by atoms with Gasteiger partial charge in [-0.1, -0.05) is 152 Å². The monoisotopic (exact) mass is 1730 g/mol. The van der Waals surface area contributed by atoms with Crippen molar-refractivity contribution >= 4 is 105 Å². The number of imidazole rings is 1. The van der Waals surface area contributed by atoms with Crippen LogP contribution in [0.2, 0.25) is 0 Å². The molecular weight excluding hydrogens is 1600 g/mol. The summed E-state index contributed by atoms with van der Waals surface area (Å²) in [6, 6.07) is -1.82. The third-order valence-corrected chi connectivity index (χ3v) is 21.8. The van der Waals surface area contributed by atoms with Gasteiger partial charge in [-0.05, 0) is 88.4 Å². The van der Waals surface area contributed by atoms with Crippen LogP contribution in [0.25, 0.3) is 10.9 Å². The highest BCUT2D eigenvalue weighted by Gasteiger charge is 2.44. The van der Waals surface area contributed by atoms with E-state index >= 15 is 14.4 Å². The maximum atomic E-state index is 15.3. The molecule has 684 valence electrons. The van der Waals surface area contributed by atoms with E-state index in [0.29, 0.717) is 30.4 Å². The van der Waals surface area contributed by atoms with Crippen molar-refractivity contribution < 1.29 is 87.2 Å². The minimum absolute atomic E-state index is 0.0225. The molecule has 2 aliphatic heterocycles. The second-order valence-corrected chi connectivity index (χ2v) is 32.0. The van der Waals surface area contributed by atoms with E-state index in [2.05, 4.69) is 91.0 Å². The molecule has 124 heavy (non-hydrogen) atoms. The van der Waals surface area contributed by atoms with E-state index in [9.17, 15) is 72.9 Å². The summed E-state index contributed by atoms with van der Waals surface area (Å²) in [4.78, 5) is 223. The topological polar surface area (TPSA) is 623 Å². The van der Waals surface area contributed by atoms with Crippen LogP contribution in [0.3, 0.4) is 0 Å². The molecule has 39 heteroatoms. The number of carbonyl (C=O) groups is 15. The van der Waals surface area contributed by atoms with E-state index in [-0.39, 0.29) is 89.1 Å². The first kappa shape index (κ1) is 101. The van der Waals surface area contributed by atoms with Gasteiger partial charge in [-0.3, -0.25) is 77.3 Å². The Balaban J connectivity index is 1.20. The van der Waals surface area contributed by atoms with Crippen LogP contribution in [0, 0.1) is 5.41 Å². The first-order valence-electron chi connectivity index (χ1n) is 43.5. The zero-order chi connectivity index (χ0) is 90.5. The summed E-state index contributed by atoms with van der Waals surface area (Å²) in [7, 11) is 0. The fourth-order valence-electron chi connectivity index (χ4n) is 14.7. The molecule has 2 aliphatic rings. The number of aliphatic hydroxyl groups excluding tert-OH is 3. The molecule has 0 spiro atoms. The highest BCUT2D eigenvalue weighted by Crippen LogP contribution is 2.24. The Hall–Kier alpha value is -11.4. The van der Waals surface area contributed by atoms with Gasteiger partial charge in [0.2, 0.25) is 82.7 Å². The van der Waals surface area contributed by atoms with Crippen molar-refractivity contribution in [3.8, 4) is 0 Å². The quantitative estimate of drug-likeness (QED) is 0.0144. The van der Waals surface area contributed by atoms with Gasteiger partial charge in [-0.2, -0.15) is 0 Å². The molecule has 4 heterocycles. The van der Waals surface area contributed by atoms with Gasteiger partial charge in [0.25, 0.3) is 0 Å². The number of unbranched alkanes of at least 4 members (excludes halogenated alkanes) is 13. The number of carbonyl (C=O) groups excluding carboxylic acids is 15. The zero-order valence-corrected chi connectivity index (χ0v) is 71.5. The largest absolute Gasteiger partial charge is 0.394 e. The number of rotatable bonds is 46. The Morgan fingerprint density at radius 2 is 1.21 bits per heavy atom. The summed E-state index contributed by atoms with van der Waals surface area (Å²) in [6.07, 6.45) is 14.2. The van der Waals surface area contributed by atoms with E-state index in [1.54, 1.807) is 49.5 Å². The Morgan fingerprint density at radius 3 is 1.86 bits per heavy atom. The molecule has 2 aromatic heterocycles. The minimum Gasteiger partial charge on any atom is -0.394 e. The normalized spacial score (nSPS) is 19.9. The molecule has 4 aromatic rings. The lowest BCUT2D eigenvalue weighted by Gasteiger charge is -2.31. The predicted octanol–water partition coefficient (Wildman–Crippen LogP) is -0.974. The highest BCUT2D eigenvalue weighted by molar-refractivity contribution is 6.01. The third-order valence-electron chi connectivity index (χ3n) is 21.8. The van der Waals surface area contributed by atoms with Crippen molar-refractivity contribution in [3.63, 3.8) is 0 Å². The average Bonchev–Trinajstić information content (AvgIpc) is 1.65. The number of fused-ring (bicyclic) bond motifs is 2. The molecule has 0 bridgehead atoms. The molecule has 0 radical (unpaired) electrons. The van der Waals surface area contributed by atoms with Gasteiger partial charge in [-0.15, -0.1) is 0 Å². The molecule has 2 aromatic carbocycles. The number of para-hydroxylation sites is 1. The van der Waals surface area contributed by atoms with Crippen molar-refractivity contribution in [2.45, 2.75) is 292 Å². The van der Waals surface area contributed by atoms with E-state index in [1.807, 2.05) is 18.2 Å². The van der Waals surface area contributed by atoms with Gasteiger partial charge >= 0.3 is 0 Å². The van der Waals surface area contributed by atoms with Crippen molar-refractivity contribution in [3.05, 3.63) is 90.1 Å². The molecule has 14 amide bonds. The van der Waals surface area contributed by atoms with Crippen LogP contribution in [-0.2, 0) is 91.2 Å².